The van der Waals surface area contributed by atoms with E-state index >= 15 is 0 Å². The van der Waals surface area contributed by atoms with Crippen molar-refractivity contribution in [1.82, 2.24) is 5.43 Å². The smallest absolute Gasteiger partial charge is 0.0344 e. The van der Waals surface area contributed by atoms with Gasteiger partial charge in [-0.05, 0) is 39.3 Å². The first-order valence-corrected chi connectivity index (χ1v) is 6.37. The van der Waals surface area contributed by atoms with E-state index in [1.807, 2.05) is 26.0 Å². The maximum Gasteiger partial charge on any atom is 0.0344 e. The van der Waals surface area contributed by atoms with Crippen molar-refractivity contribution in [2.45, 2.75) is 34.1 Å². The predicted molar refractivity (Wildman–Crippen MR) is 76.0 cm³/mol. The molecule has 0 aliphatic carbocycles. The van der Waals surface area contributed by atoms with Gasteiger partial charge in [-0.2, -0.15) is 5.10 Å². The van der Waals surface area contributed by atoms with Gasteiger partial charge >= 0.3 is 0 Å². The number of hydrogen-bond acceptors (Lipinski definition) is 2. The molecular weight excluding hydrogens is 264 g/mol. The highest BCUT2D eigenvalue weighted by molar-refractivity contribution is 9.10. The molecule has 0 atom stereocenters. The van der Waals surface area contributed by atoms with Crippen LogP contribution in [-0.2, 0) is 0 Å². The highest BCUT2D eigenvalue weighted by Crippen LogP contribution is 2.08. The maximum atomic E-state index is 4.03. The molecule has 0 saturated heterocycles. The van der Waals surface area contributed by atoms with Crippen molar-refractivity contribution < 1.29 is 0 Å². The van der Waals surface area contributed by atoms with Gasteiger partial charge in [0.05, 0.1) is 0 Å². The molecule has 90 valence electrons. The molecule has 3 heteroatoms. The van der Waals surface area contributed by atoms with Crippen LogP contribution in [0.3, 0.4) is 0 Å². The van der Waals surface area contributed by atoms with E-state index in [0.717, 1.165) is 23.1 Å². The molecule has 0 amide bonds. The van der Waals surface area contributed by atoms with E-state index in [2.05, 4.69) is 52.4 Å². The van der Waals surface area contributed by atoms with Crippen LogP contribution >= 0.6 is 15.9 Å². The van der Waals surface area contributed by atoms with Gasteiger partial charge in [0.15, 0.2) is 0 Å². The average molecular weight is 285 g/mol. The molecule has 0 fully saturated rings. The number of nitrogens with one attached hydrogen (secondary N) is 1. The lowest BCUT2D eigenvalue weighted by Gasteiger charge is -1.94. The quantitative estimate of drug-likeness (QED) is 0.655. The maximum absolute atomic E-state index is 4.03. The van der Waals surface area contributed by atoms with Gasteiger partial charge in [0.1, 0.15) is 0 Å². The molecule has 0 radical (unpaired) electrons. The Balaban J connectivity index is 0.000000281. The van der Waals surface area contributed by atoms with Gasteiger partial charge in [0.25, 0.3) is 0 Å². The zero-order valence-electron chi connectivity index (χ0n) is 10.5. The Morgan fingerprint density at radius 1 is 1.25 bits per heavy atom. The van der Waals surface area contributed by atoms with Gasteiger partial charge in [0, 0.05) is 16.7 Å². The van der Waals surface area contributed by atoms with Crippen molar-refractivity contribution in [3.63, 3.8) is 0 Å². The third-order valence-corrected chi connectivity index (χ3v) is 2.48. The standard InChI is InChI=1S/C7H7Br.C6H14N2/c1-6-2-4-7(8)5-3-6;1-4-6(3)8-7-5-2/h2-5H,1H3;7H,4-5H2,1-3H3/b;8-6+. The highest BCUT2D eigenvalue weighted by Gasteiger charge is 1.81. The zero-order chi connectivity index (χ0) is 12.4. The lowest BCUT2D eigenvalue weighted by molar-refractivity contribution is 0.778. The molecule has 16 heavy (non-hydrogen) atoms. The Kier molecular flexibility index (Phi) is 8.91. The number of hydrogen-bond donors (Lipinski definition) is 1. The number of aryl methyl sites for hydroxylation is 1. The summed E-state index contributed by atoms with van der Waals surface area (Å²) in [5.74, 6) is 0. The molecule has 0 aliphatic rings. The van der Waals surface area contributed by atoms with E-state index in [0.29, 0.717) is 0 Å². The van der Waals surface area contributed by atoms with Gasteiger partial charge in [0.2, 0.25) is 0 Å². The van der Waals surface area contributed by atoms with Crippen molar-refractivity contribution in [2.24, 2.45) is 5.10 Å². The Hall–Kier alpha value is -0.830. The van der Waals surface area contributed by atoms with Crippen molar-refractivity contribution in [1.29, 1.82) is 0 Å². The van der Waals surface area contributed by atoms with Gasteiger partial charge in [-0.3, -0.25) is 0 Å². The Labute approximate surface area is 107 Å². The molecule has 2 nitrogen and oxygen atoms in total. The van der Waals surface area contributed by atoms with E-state index < -0.39 is 0 Å². The third kappa shape index (κ3) is 8.48. The fourth-order valence-corrected chi connectivity index (χ4v) is 1.09. The lowest BCUT2D eigenvalue weighted by atomic mass is 10.2. The fraction of sp³-hybridized carbons (Fsp3) is 0.462. The van der Waals surface area contributed by atoms with Crippen LogP contribution in [0.15, 0.2) is 33.8 Å². The molecule has 0 aromatic heterocycles. The summed E-state index contributed by atoms with van der Waals surface area (Å²) in [6.07, 6.45) is 1.03. The fourth-order valence-electron chi connectivity index (χ4n) is 0.826. The summed E-state index contributed by atoms with van der Waals surface area (Å²) in [6.45, 7) is 9.13. The van der Waals surface area contributed by atoms with Crippen LogP contribution in [0.5, 0.6) is 0 Å². The van der Waals surface area contributed by atoms with E-state index in [-0.39, 0.29) is 0 Å². The Bertz CT molecular complexity index is 283. The molecule has 1 N–H and O–H groups in total. The number of nitrogens with zero attached hydrogens (tertiary/aromatic N) is 1. The Morgan fingerprint density at radius 2 is 1.81 bits per heavy atom. The van der Waals surface area contributed by atoms with E-state index in [4.69, 9.17) is 0 Å². The molecule has 1 aromatic carbocycles. The van der Waals surface area contributed by atoms with Crippen LogP contribution in [0, 0.1) is 6.92 Å². The zero-order valence-corrected chi connectivity index (χ0v) is 12.1. The molecule has 0 bridgehead atoms. The second kappa shape index (κ2) is 9.40. The average Bonchev–Trinajstić information content (AvgIpc) is 2.30. The minimum atomic E-state index is 0.914. The number of rotatable bonds is 3. The summed E-state index contributed by atoms with van der Waals surface area (Å²) in [5, 5.41) is 4.03. The first-order valence-electron chi connectivity index (χ1n) is 5.58. The predicted octanol–water partition coefficient (Wildman–Crippen LogP) is 4.14. The van der Waals surface area contributed by atoms with Crippen molar-refractivity contribution >= 4 is 21.6 Å². The molecule has 0 spiro atoms. The number of hydrazone groups is 1. The van der Waals surface area contributed by atoms with Crippen molar-refractivity contribution in [2.75, 3.05) is 6.54 Å². The van der Waals surface area contributed by atoms with Crippen LogP contribution in [0.25, 0.3) is 0 Å². The topological polar surface area (TPSA) is 24.4 Å². The summed E-state index contributed by atoms with van der Waals surface area (Å²) < 4.78 is 1.14. The van der Waals surface area contributed by atoms with E-state index in [1.54, 1.807) is 0 Å². The first-order chi connectivity index (χ1) is 7.60. The third-order valence-electron chi connectivity index (χ3n) is 1.95. The summed E-state index contributed by atoms with van der Waals surface area (Å²) >= 11 is 3.35. The largest absolute Gasteiger partial charge is 0.310 e. The van der Waals surface area contributed by atoms with Crippen molar-refractivity contribution in [3.05, 3.63) is 34.3 Å². The summed E-state index contributed by atoms with van der Waals surface area (Å²) in [6, 6.07) is 8.22. The molecule has 0 aliphatic heterocycles. The van der Waals surface area contributed by atoms with E-state index in [1.165, 1.54) is 5.56 Å². The number of benzene rings is 1. The minimum Gasteiger partial charge on any atom is -0.310 e. The summed E-state index contributed by atoms with van der Waals surface area (Å²) in [4.78, 5) is 0. The van der Waals surface area contributed by atoms with Crippen LogP contribution in [0.1, 0.15) is 32.8 Å². The normalized spacial score (nSPS) is 10.4. The first kappa shape index (κ1) is 15.2. The monoisotopic (exact) mass is 284 g/mol. The van der Waals surface area contributed by atoms with Gasteiger partial charge in [-0.15, -0.1) is 0 Å². The van der Waals surface area contributed by atoms with Gasteiger partial charge < -0.3 is 5.43 Å². The van der Waals surface area contributed by atoms with Gasteiger partial charge in [-0.25, -0.2) is 0 Å². The molecule has 1 aromatic rings. The van der Waals surface area contributed by atoms with Crippen LogP contribution < -0.4 is 5.43 Å². The SMILES string of the molecule is CCN/N=C(\C)CC.Cc1ccc(Br)cc1. The molecular formula is C13H21BrN2. The Morgan fingerprint density at radius 3 is 2.19 bits per heavy atom. The lowest BCUT2D eigenvalue weighted by Crippen LogP contribution is -2.06. The van der Waals surface area contributed by atoms with Crippen LogP contribution in [0.4, 0.5) is 0 Å². The van der Waals surface area contributed by atoms with Crippen LogP contribution in [-0.4, -0.2) is 12.3 Å². The molecule has 0 saturated carbocycles. The second-order valence-electron chi connectivity index (χ2n) is 3.51. The van der Waals surface area contributed by atoms with Crippen molar-refractivity contribution in [3.8, 4) is 0 Å². The van der Waals surface area contributed by atoms with Gasteiger partial charge in [-0.1, -0.05) is 40.5 Å². The highest BCUT2D eigenvalue weighted by atomic mass is 79.9. The minimum absolute atomic E-state index is 0.914. The summed E-state index contributed by atoms with van der Waals surface area (Å²) in [7, 11) is 0. The van der Waals surface area contributed by atoms with E-state index in [9.17, 15) is 0 Å². The molecule has 0 unspecified atom stereocenters. The molecule has 1 rings (SSSR count). The van der Waals surface area contributed by atoms with Crippen LogP contribution in [0.2, 0.25) is 0 Å². The second-order valence-corrected chi connectivity index (χ2v) is 4.42. The summed E-state index contributed by atoms with van der Waals surface area (Å²) in [5.41, 5.74) is 5.35. The number of halogens is 1. The molecule has 0 heterocycles.